The number of benzene rings is 1. The normalized spacial score (nSPS) is 12.6. The second-order valence-electron chi connectivity index (χ2n) is 4.53. The highest BCUT2D eigenvalue weighted by atomic mass is 79.9. The van der Waals surface area contributed by atoms with E-state index in [1.54, 1.807) is 0 Å². The van der Waals surface area contributed by atoms with Crippen molar-refractivity contribution in [3.63, 3.8) is 0 Å². The minimum atomic E-state index is 0.900. The van der Waals surface area contributed by atoms with Crippen molar-refractivity contribution >= 4 is 27.3 Å². The summed E-state index contributed by atoms with van der Waals surface area (Å²) >= 11 is 5.37. The molecule has 1 heterocycles. The molecule has 0 amide bonds. The summed E-state index contributed by atoms with van der Waals surface area (Å²) in [6.07, 6.45) is 2.21. The van der Waals surface area contributed by atoms with E-state index in [9.17, 15) is 0 Å². The molecule has 0 saturated heterocycles. The van der Waals surface area contributed by atoms with E-state index in [1.807, 2.05) is 11.3 Å². The third-order valence-corrected chi connectivity index (χ3v) is 4.67. The molecular formula is C14H15BrN2S. The smallest absolute Gasteiger partial charge is 0.107 e. The molecule has 1 aromatic heterocycles. The second kappa shape index (κ2) is 5.11. The van der Waals surface area contributed by atoms with Gasteiger partial charge in [0, 0.05) is 27.9 Å². The van der Waals surface area contributed by atoms with Gasteiger partial charge in [-0.1, -0.05) is 28.9 Å². The Labute approximate surface area is 120 Å². The molecule has 94 valence electrons. The molecule has 2 aromatic rings. The van der Waals surface area contributed by atoms with Gasteiger partial charge in [0.15, 0.2) is 0 Å². The Balaban J connectivity index is 1.84. The fraction of sp³-hybridized carbons (Fsp3) is 0.357. The van der Waals surface area contributed by atoms with Crippen LogP contribution in [0.1, 0.15) is 28.8 Å². The highest BCUT2D eigenvalue weighted by Crippen LogP contribution is 2.40. The Kier molecular flexibility index (Phi) is 3.50. The van der Waals surface area contributed by atoms with E-state index in [0.29, 0.717) is 0 Å². The molecule has 2 nitrogen and oxygen atoms in total. The van der Waals surface area contributed by atoms with Gasteiger partial charge in [-0.3, -0.25) is 0 Å². The van der Waals surface area contributed by atoms with Gasteiger partial charge in [-0.15, -0.1) is 11.3 Å². The van der Waals surface area contributed by atoms with E-state index >= 15 is 0 Å². The fourth-order valence-corrected chi connectivity index (χ4v) is 3.77. The first kappa shape index (κ1) is 12.3. The minimum Gasteiger partial charge on any atom is -0.310 e. The van der Waals surface area contributed by atoms with Crippen molar-refractivity contribution in [1.82, 2.24) is 10.3 Å². The molecular weight excluding hydrogens is 308 g/mol. The zero-order valence-corrected chi connectivity index (χ0v) is 12.7. The molecule has 18 heavy (non-hydrogen) atoms. The van der Waals surface area contributed by atoms with E-state index in [1.165, 1.54) is 33.1 Å². The Bertz CT molecular complexity index is 577. The second-order valence-corrected chi connectivity index (χ2v) is 6.62. The summed E-state index contributed by atoms with van der Waals surface area (Å²) in [4.78, 5) is 6.19. The topological polar surface area (TPSA) is 24.9 Å². The van der Waals surface area contributed by atoms with Crippen molar-refractivity contribution in [3.8, 4) is 11.3 Å². The van der Waals surface area contributed by atoms with Gasteiger partial charge in [0.05, 0.1) is 5.69 Å². The Morgan fingerprint density at radius 1 is 1.44 bits per heavy atom. The minimum absolute atomic E-state index is 0.900. The number of halogens is 1. The predicted octanol–water partition coefficient (Wildman–Crippen LogP) is 3.98. The molecule has 1 aromatic carbocycles. The van der Waals surface area contributed by atoms with E-state index in [0.717, 1.165) is 24.0 Å². The molecule has 3 rings (SSSR count). The van der Waals surface area contributed by atoms with Gasteiger partial charge in [-0.05, 0) is 30.7 Å². The molecule has 0 radical (unpaired) electrons. The van der Waals surface area contributed by atoms with Crippen LogP contribution in [0.5, 0.6) is 0 Å². The van der Waals surface area contributed by atoms with Crippen LogP contribution < -0.4 is 5.32 Å². The lowest BCUT2D eigenvalue weighted by Crippen LogP contribution is -2.13. The summed E-state index contributed by atoms with van der Waals surface area (Å²) in [6, 6.07) is 6.48. The van der Waals surface area contributed by atoms with Gasteiger partial charge < -0.3 is 5.32 Å². The molecule has 0 aliphatic heterocycles. The molecule has 0 fully saturated rings. The number of hydrogen-bond donors (Lipinski definition) is 1. The SMILES string of the molecule is CCCNCc1nc2c(s1)Cc1cc(Br)ccc1-2. The zero-order chi connectivity index (χ0) is 12.5. The van der Waals surface area contributed by atoms with Crippen LogP contribution in [-0.2, 0) is 13.0 Å². The maximum Gasteiger partial charge on any atom is 0.107 e. The van der Waals surface area contributed by atoms with Crippen LogP contribution in [0, 0.1) is 0 Å². The van der Waals surface area contributed by atoms with Crippen LogP contribution in [0.25, 0.3) is 11.3 Å². The summed E-state index contributed by atoms with van der Waals surface area (Å²) in [5.74, 6) is 0. The van der Waals surface area contributed by atoms with Crippen molar-refractivity contribution in [2.24, 2.45) is 0 Å². The van der Waals surface area contributed by atoms with E-state index in [4.69, 9.17) is 4.98 Å². The van der Waals surface area contributed by atoms with Gasteiger partial charge in [0.1, 0.15) is 5.01 Å². The van der Waals surface area contributed by atoms with Crippen LogP contribution in [0.2, 0.25) is 0 Å². The van der Waals surface area contributed by atoms with Gasteiger partial charge >= 0.3 is 0 Å². The van der Waals surface area contributed by atoms with Crippen LogP contribution in [0.15, 0.2) is 22.7 Å². The van der Waals surface area contributed by atoms with Crippen molar-refractivity contribution < 1.29 is 0 Å². The summed E-state index contributed by atoms with van der Waals surface area (Å²) < 4.78 is 1.15. The summed E-state index contributed by atoms with van der Waals surface area (Å²) in [5, 5.41) is 4.62. The Morgan fingerprint density at radius 3 is 3.17 bits per heavy atom. The standard InChI is InChI=1S/C14H15BrN2S/c1-2-5-16-8-13-17-14-11-4-3-10(15)6-9(11)7-12(14)18-13/h3-4,6,16H,2,5,7-8H2,1H3. The van der Waals surface area contributed by atoms with Crippen molar-refractivity contribution in [2.45, 2.75) is 26.3 Å². The van der Waals surface area contributed by atoms with Crippen LogP contribution in [0.3, 0.4) is 0 Å². The number of aromatic nitrogens is 1. The molecule has 0 bridgehead atoms. The lowest BCUT2D eigenvalue weighted by Gasteiger charge is -2.01. The zero-order valence-electron chi connectivity index (χ0n) is 10.3. The average Bonchev–Trinajstić information content (AvgIpc) is 2.85. The number of nitrogens with one attached hydrogen (secondary N) is 1. The predicted molar refractivity (Wildman–Crippen MR) is 80.1 cm³/mol. The van der Waals surface area contributed by atoms with E-state index in [2.05, 4.69) is 46.4 Å². The van der Waals surface area contributed by atoms with Gasteiger partial charge in [-0.2, -0.15) is 0 Å². The quantitative estimate of drug-likeness (QED) is 0.735. The van der Waals surface area contributed by atoms with Gasteiger partial charge in [0.2, 0.25) is 0 Å². The molecule has 1 aliphatic carbocycles. The van der Waals surface area contributed by atoms with Gasteiger partial charge in [-0.25, -0.2) is 4.98 Å². The number of hydrogen-bond acceptors (Lipinski definition) is 3. The fourth-order valence-electron chi connectivity index (χ4n) is 2.29. The lowest BCUT2D eigenvalue weighted by atomic mass is 10.1. The third kappa shape index (κ3) is 2.25. The van der Waals surface area contributed by atoms with Crippen LogP contribution in [-0.4, -0.2) is 11.5 Å². The number of fused-ring (bicyclic) bond motifs is 3. The third-order valence-electron chi connectivity index (χ3n) is 3.12. The maximum atomic E-state index is 4.77. The molecule has 0 unspecified atom stereocenters. The summed E-state index contributed by atoms with van der Waals surface area (Å²) in [6.45, 7) is 4.15. The lowest BCUT2D eigenvalue weighted by molar-refractivity contribution is 0.673. The van der Waals surface area contributed by atoms with Crippen LogP contribution >= 0.6 is 27.3 Å². The number of thiazole rings is 1. The first-order chi connectivity index (χ1) is 8.78. The molecule has 0 atom stereocenters. The molecule has 0 spiro atoms. The van der Waals surface area contributed by atoms with Crippen molar-refractivity contribution in [3.05, 3.63) is 38.1 Å². The molecule has 0 saturated carbocycles. The first-order valence-corrected chi connectivity index (χ1v) is 7.87. The number of rotatable bonds is 4. The highest BCUT2D eigenvalue weighted by molar-refractivity contribution is 9.10. The van der Waals surface area contributed by atoms with Crippen molar-refractivity contribution in [2.75, 3.05) is 6.54 Å². The highest BCUT2D eigenvalue weighted by Gasteiger charge is 2.23. The largest absolute Gasteiger partial charge is 0.310 e. The summed E-state index contributed by atoms with van der Waals surface area (Å²) in [7, 11) is 0. The van der Waals surface area contributed by atoms with E-state index < -0.39 is 0 Å². The molecule has 1 N–H and O–H groups in total. The Hall–Kier alpha value is -0.710. The molecule has 4 heteroatoms. The van der Waals surface area contributed by atoms with E-state index in [-0.39, 0.29) is 0 Å². The summed E-state index contributed by atoms with van der Waals surface area (Å²) in [5.41, 5.74) is 3.91. The monoisotopic (exact) mass is 322 g/mol. The maximum absolute atomic E-state index is 4.77. The van der Waals surface area contributed by atoms with Crippen molar-refractivity contribution in [1.29, 1.82) is 0 Å². The first-order valence-electron chi connectivity index (χ1n) is 6.26. The van der Waals surface area contributed by atoms with Crippen LogP contribution in [0.4, 0.5) is 0 Å². The Morgan fingerprint density at radius 2 is 2.33 bits per heavy atom. The number of nitrogens with zero attached hydrogens (tertiary/aromatic N) is 1. The van der Waals surface area contributed by atoms with Gasteiger partial charge in [0.25, 0.3) is 0 Å². The molecule has 1 aliphatic rings. The average molecular weight is 323 g/mol.